The molecule has 0 aliphatic carbocycles. The Labute approximate surface area is 118 Å². The Bertz CT molecular complexity index is 477. The molecule has 0 radical (unpaired) electrons. The Balaban J connectivity index is 2.06. The van der Waals surface area contributed by atoms with Crippen molar-refractivity contribution in [2.24, 2.45) is 11.7 Å². The van der Waals surface area contributed by atoms with E-state index in [-0.39, 0.29) is 17.7 Å². The van der Waals surface area contributed by atoms with Gasteiger partial charge in [-0.3, -0.25) is 19.5 Å². The van der Waals surface area contributed by atoms with Crippen molar-refractivity contribution in [2.75, 3.05) is 26.2 Å². The number of pyridine rings is 1. The molecule has 1 atom stereocenters. The first-order chi connectivity index (χ1) is 9.56. The van der Waals surface area contributed by atoms with Gasteiger partial charge in [0.15, 0.2) is 0 Å². The van der Waals surface area contributed by atoms with Crippen molar-refractivity contribution in [3.05, 3.63) is 30.1 Å². The third-order valence-electron chi connectivity index (χ3n) is 3.61. The number of carbonyl (C=O) groups is 2. The second-order valence-electron chi connectivity index (χ2n) is 5.15. The lowest BCUT2D eigenvalue weighted by atomic mass is 10.1. The lowest BCUT2D eigenvalue weighted by molar-refractivity contribution is -0.130. The van der Waals surface area contributed by atoms with E-state index in [0.717, 1.165) is 18.7 Å². The second kappa shape index (κ2) is 6.47. The van der Waals surface area contributed by atoms with Gasteiger partial charge in [-0.15, -0.1) is 0 Å². The second-order valence-corrected chi connectivity index (χ2v) is 5.15. The van der Waals surface area contributed by atoms with E-state index < -0.39 is 0 Å². The molecule has 1 saturated heterocycles. The van der Waals surface area contributed by atoms with E-state index in [4.69, 9.17) is 5.73 Å². The number of aromatic nitrogens is 1. The molecule has 2 heterocycles. The number of hydrogen-bond acceptors (Lipinski definition) is 4. The highest BCUT2D eigenvalue weighted by Crippen LogP contribution is 2.13. The van der Waals surface area contributed by atoms with Gasteiger partial charge < -0.3 is 10.6 Å². The molecule has 0 saturated carbocycles. The third kappa shape index (κ3) is 3.77. The molecule has 2 amide bonds. The summed E-state index contributed by atoms with van der Waals surface area (Å²) in [4.78, 5) is 30.9. The quantitative estimate of drug-likeness (QED) is 0.832. The molecule has 6 heteroatoms. The van der Waals surface area contributed by atoms with Crippen LogP contribution in [-0.2, 0) is 16.1 Å². The predicted octanol–water partition coefficient (Wildman–Crippen LogP) is -0.153. The van der Waals surface area contributed by atoms with E-state index in [0.29, 0.717) is 19.6 Å². The SMILES string of the molecule is CC(=O)N1CCN(Cc2ccncc2)C[C@@H](C(N)=O)C1. The van der Waals surface area contributed by atoms with E-state index in [9.17, 15) is 9.59 Å². The summed E-state index contributed by atoms with van der Waals surface area (Å²) in [5, 5.41) is 0. The van der Waals surface area contributed by atoms with E-state index >= 15 is 0 Å². The number of amides is 2. The number of primary amides is 1. The molecule has 2 rings (SSSR count). The standard InChI is InChI=1S/C14H20N4O2/c1-11(19)18-7-6-17(9-13(10-18)14(15)20)8-12-2-4-16-5-3-12/h2-5,13H,6-10H2,1H3,(H2,15,20)/t13-/m1/s1. The molecule has 0 bridgehead atoms. The van der Waals surface area contributed by atoms with Crippen molar-refractivity contribution in [2.45, 2.75) is 13.5 Å². The van der Waals surface area contributed by atoms with Gasteiger partial charge in [0.05, 0.1) is 5.92 Å². The predicted molar refractivity (Wildman–Crippen MR) is 74.5 cm³/mol. The summed E-state index contributed by atoms with van der Waals surface area (Å²) in [6, 6.07) is 3.90. The van der Waals surface area contributed by atoms with Gasteiger partial charge in [0, 0.05) is 52.0 Å². The minimum Gasteiger partial charge on any atom is -0.369 e. The third-order valence-corrected chi connectivity index (χ3v) is 3.61. The summed E-state index contributed by atoms with van der Waals surface area (Å²) < 4.78 is 0. The number of hydrogen-bond donors (Lipinski definition) is 1. The summed E-state index contributed by atoms with van der Waals surface area (Å²) in [6.07, 6.45) is 3.50. The van der Waals surface area contributed by atoms with Gasteiger partial charge in [0.25, 0.3) is 0 Å². The number of rotatable bonds is 3. The van der Waals surface area contributed by atoms with Crippen LogP contribution in [0.2, 0.25) is 0 Å². The van der Waals surface area contributed by atoms with Gasteiger partial charge in [0.1, 0.15) is 0 Å². The fraction of sp³-hybridized carbons (Fsp3) is 0.500. The minimum atomic E-state index is -0.349. The highest BCUT2D eigenvalue weighted by Gasteiger charge is 2.27. The normalized spacial score (nSPS) is 20.4. The molecule has 1 aromatic rings. The summed E-state index contributed by atoms with van der Waals surface area (Å²) in [5.41, 5.74) is 6.58. The van der Waals surface area contributed by atoms with E-state index in [1.54, 1.807) is 17.3 Å². The number of nitrogens with zero attached hydrogens (tertiary/aromatic N) is 3. The van der Waals surface area contributed by atoms with Crippen molar-refractivity contribution in [3.8, 4) is 0 Å². The largest absolute Gasteiger partial charge is 0.369 e. The van der Waals surface area contributed by atoms with Gasteiger partial charge in [-0.2, -0.15) is 0 Å². The first-order valence-corrected chi connectivity index (χ1v) is 6.72. The molecule has 6 nitrogen and oxygen atoms in total. The molecule has 1 fully saturated rings. The van der Waals surface area contributed by atoms with Gasteiger partial charge in [-0.25, -0.2) is 0 Å². The van der Waals surface area contributed by atoms with Crippen molar-refractivity contribution < 1.29 is 9.59 Å². The molecular weight excluding hydrogens is 256 g/mol. The summed E-state index contributed by atoms with van der Waals surface area (Å²) in [6.45, 7) is 4.63. The van der Waals surface area contributed by atoms with Crippen LogP contribution in [0.15, 0.2) is 24.5 Å². The van der Waals surface area contributed by atoms with Crippen LogP contribution in [0, 0.1) is 5.92 Å². The Hall–Kier alpha value is -1.95. The molecule has 108 valence electrons. The molecule has 0 aromatic carbocycles. The Kier molecular flexibility index (Phi) is 4.68. The summed E-state index contributed by atoms with van der Waals surface area (Å²) in [7, 11) is 0. The van der Waals surface area contributed by atoms with Gasteiger partial charge in [-0.05, 0) is 17.7 Å². The lowest BCUT2D eigenvalue weighted by Crippen LogP contribution is -2.39. The molecule has 1 aliphatic rings. The van der Waals surface area contributed by atoms with Crippen molar-refractivity contribution in [3.63, 3.8) is 0 Å². The highest BCUT2D eigenvalue weighted by atomic mass is 16.2. The van der Waals surface area contributed by atoms with Crippen LogP contribution in [0.4, 0.5) is 0 Å². The van der Waals surface area contributed by atoms with Crippen molar-refractivity contribution in [1.29, 1.82) is 0 Å². The fourth-order valence-electron chi connectivity index (χ4n) is 2.44. The maximum Gasteiger partial charge on any atom is 0.223 e. The molecular formula is C14H20N4O2. The van der Waals surface area contributed by atoms with E-state index in [1.807, 2.05) is 12.1 Å². The van der Waals surface area contributed by atoms with Crippen LogP contribution in [-0.4, -0.2) is 52.8 Å². The first-order valence-electron chi connectivity index (χ1n) is 6.72. The van der Waals surface area contributed by atoms with Crippen molar-refractivity contribution in [1.82, 2.24) is 14.8 Å². The Morgan fingerprint density at radius 2 is 2.00 bits per heavy atom. The van der Waals surface area contributed by atoms with Crippen LogP contribution >= 0.6 is 0 Å². The average Bonchev–Trinajstić information content (AvgIpc) is 2.63. The maximum absolute atomic E-state index is 11.5. The van der Waals surface area contributed by atoms with Gasteiger partial charge in [-0.1, -0.05) is 0 Å². The zero-order chi connectivity index (χ0) is 14.5. The zero-order valence-electron chi connectivity index (χ0n) is 11.7. The Morgan fingerprint density at radius 1 is 1.30 bits per heavy atom. The van der Waals surface area contributed by atoms with E-state index in [1.165, 1.54) is 6.92 Å². The van der Waals surface area contributed by atoms with Crippen LogP contribution < -0.4 is 5.73 Å². The summed E-state index contributed by atoms with van der Waals surface area (Å²) >= 11 is 0. The highest BCUT2D eigenvalue weighted by molar-refractivity contribution is 5.79. The van der Waals surface area contributed by atoms with Crippen LogP contribution in [0.3, 0.4) is 0 Å². The molecule has 1 aliphatic heterocycles. The maximum atomic E-state index is 11.5. The molecule has 2 N–H and O–H groups in total. The smallest absolute Gasteiger partial charge is 0.223 e. The Morgan fingerprint density at radius 3 is 2.60 bits per heavy atom. The number of carbonyl (C=O) groups excluding carboxylic acids is 2. The molecule has 0 unspecified atom stereocenters. The monoisotopic (exact) mass is 276 g/mol. The molecule has 20 heavy (non-hydrogen) atoms. The first kappa shape index (κ1) is 14.5. The molecule has 0 spiro atoms. The van der Waals surface area contributed by atoms with Crippen LogP contribution in [0.25, 0.3) is 0 Å². The zero-order valence-corrected chi connectivity index (χ0v) is 11.7. The van der Waals surface area contributed by atoms with Crippen LogP contribution in [0.5, 0.6) is 0 Å². The van der Waals surface area contributed by atoms with Crippen molar-refractivity contribution >= 4 is 11.8 Å². The molecule has 1 aromatic heterocycles. The van der Waals surface area contributed by atoms with Crippen LogP contribution in [0.1, 0.15) is 12.5 Å². The fourth-order valence-corrected chi connectivity index (χ4v) is 2.44. The topological polar surface area (TPSA) is 79.5 Å². The lowest BCUT2D eigenvalue weighted by Gasteiger charge is -2.21. The van der Waals surface area contributed by atoms with E-state index in [2.05, 4.69) is 9.88 Å². The average molecular weight is 276 g/mol. The number of nitrogens with two attached hydrogens (primary N) is 1. The van der Waals surface area contributed by atoms with Gasteiger partial charge in [0.2, 0.25) is 11.8 Å². The summed E-state index contributed by atoms with van der Waals surface area (Å²) in [5.74, 6) is -0.678. The van der Waals surface area contributed by atoms with Gasteiger partial charge >= 0.3 is 0 Å². The minimum absolute atomic E-state index is 0.0120.